The van der Waals surface area contributed by atoms with Gasteiger partial charge in [0.05, 0.1) is 12.2 Å². The molecule has 0 aliphatic carbocycles. The molecule has 0 saturated heterocycles. The Bertz CT molecular complexity index is 362. The molecule has 1 rings (SSSR count). The van der Waals surface area contributed by atoms with Crippen molar-refractivity contribution in [3.63, 3.8) is 0 Å². The molecule has 0 amide bonds. The first-order chi connectivity index (χ1) is 7.86. The Morgan fingerprint density at radius 1 is 1.47 bits per heavy atom. The van der Waals surface area contributed by atoms with Crippen LogP contribution in [0, 0.1) is 0 Å². The van der Waals surface area contributed by atoms with E-state index in [1.165, 1.54) is 0 Å². The lowest BCUT2D eigenvalue weighted by Crippen LogP contribution is -2.38. The van der Waals surface area contributed by atoms with Crippen LogP contribution >= 0.6 is 0 Å². The lowest BCUT2D eigenvalue weighted by molar-refractivity contribution is -0.125. The molecule has 17 heavy (non-hydrogen) atoms. The number of alkyl halides is 4. The fourth-order valence-electron chi connectivity index (χ4n) is 1.47. The second-order valence-corrected chi connectivity index (χ2v) is 3.79. The van der Waals surface area contributed by atoms with Gasteiger partial charge in [0.2, 0.25) is 0 Å². The van der Waals surface area contributed by atoms with Gasteiger partial charge in [-0.15, -0.1) is 0 Å². The van der Waals surface area contributed by atoms with Gasteiger partial charge in [0.15, 0.2) is 0 Å². The molecule has 0 aromatic carbocycles. The summed E-state index contributed by atoms with van der Waals surface area (Å²) >= 11 is 0. The van der Waals surface area contributed by atoms with Crippen LogP contribution in [0.25, 0.3) is 0 Å². The van der Waals surface area contributed by atoms with Gasteiger partial charge >= 0.3 is 12.3 Å². The lowest BCUT2D eigenvalue weighted by atomic mass is 10.2. The maximum absolute atomic E-state index is 12.6. The van der Waals surface area contributed by atoms with E-state index in [9.17, 15) is 17.6 Å². The molecule has 0 aliphatic rings. The standard InChI is InChI=1S/C10H15F4N3/c1-3-8-7(5-17(2)16-8)4-15-6-10(13,14)9(11)12/h5,9,15H,3-4,6H2,1-2H3. The molecule has 1 heterocycles. The number of aryl methyl sites for hydroxylation is 2. The summed E-state index contributed by atoms with van der Waals surface area (Å²) in [6.45, 7) is 0.960. The van der Waals surface area contributed by atoms with Crippen LogP contribution in [0.5, 0.6) is 0 Å². The Morgan fingerprint density at radius 2 is 2.12 bits per heavy atom. The monoisotopic (exact) mass is 253 g/mol. The molecule has 7 heteroatoms. The van der Waals surface area contributed by atoms with Crippen LogP contribution < -0.4 is 5.32 Å². The molecular formula is C10H15F4N3. The average molecular weight is 253 g/mol. The van der Waals surface area contributed by atoms with Crippen molar-refractivity contribution >= 4 is 0 Å². The molecule has 1 aromatic heterocycles. The van der Waals surface area contributed by atoms with Gasteiger partial charge in [-0.3, -0.25) is 4.68 Å². The van der Waals surface area contributed by atoms with E-state index in [0.717, 1.165) is 11.3 Å². The summed E-state index contributed by atoms with van der Waals surface area (Å²) in [5.41, 5.74) is 1.53. The van der Waals surface area contributed by atoms with E-state index >= 15 is 0 Å². The third-order valence-electron chi connectivity index (χ3n) is 2.32. The number of nitrogens with one attached hydrogen (secondary N) is 1. The van der Waals surface area contributed by atoms with Gasteiger partial charge < -0.3 is 5.32 Å². The van der Waals surface area contributed by atoms with E-state index < -0.39 is 18.9 Å². The fraction of sp³-hybridized carbons (Fsp3) is 0.700. The minimum Gasteiger partial charge on any atom is -0.307 e. The summed E-state index contributed by atoms with van der Waals surface area (Å²) in [6, 6.07) is 0. The van der Waals surface area contributed by atoms with E-state index in [1.54, 1.807) is 17.9 Å². The Labute approximate surface area is 96.8 Å². The van der Waals surface area contributed by atoms with Gasteiger partial charge in [-0.2, -0.15) is 13.9 Å². The number of rotatable bonds is 6. The molecule has 0 bridgehead atoms. The van der Waals surface area contributed by atoms with Crippen molar-refractivity contribution < 1.29 is 17.6 Å². The van der Waals surface area contributed by atoms with Gasteiger partial charge in [-0.05, 0) is 6.42 Å². The first-order valence-electron chi connectivity index (χ1n) is 5.25. The number of hydrogen-bond donors (Lipinski definition) is 1. The smallest absolute Gasteiger partial charge is 0.307 e. The summed E-state index contributed by atoms with van der Waals surface area (Å²) in [6.07, 6.45) is -1.29. The molecule has 0 fully saturated rings. The molecule has 0 aliphatic heterocycles. The zero-order valence-electron chi connectivity index (χ0n) is 9.68. The van der Waals surface area contributed by atoms with Crippen LogP contribution in [0.15, 0.2) is 6.20 Å². The zero-order chi connectivity index (χ0) is 13.1. The van der Waals surface area contributed by atoms with E-state index in [4.69, 9.17) is 0 Å². The van der Waals surface area contributed by atoms with Gasteiger partial charge in [-0.1, -0.05) is 6.92 Å². The minimum absolute atomic E-state index is 0.110. The molecule has 0 atom stereocenters. The first kappa shape index (κ1) is 14.0. The van der Waals surface area contributed by atoms with E-state index in [0.29, 0.717) is 6.42 Å². The van der Waals surface area contributed by atoms with Crippen LogP contribution in [0.2, 0.25) is 0 Å². The summed E-state index contributed by atoms with van der Waals surface area (Å²) in [7, 11) is 1.72. The van der Waals surface area contributed by atoms with Crippen molar-refractivity contribution in [3.8, 4) is 0 Å². The number of nitrogens with zero attached hydrogens (tertiary/aromatic N) is 2. The normalized spacial score (nSPS) is 12.4. The van der Waals surface area contributed by atoms with E-state index in [1.807, 2.05) is 6.92 Å². The van der Waals surface area contributed by atoms with Crippen LogP contribution in [0.3, 0.4) is 0 Å². The van der Waals surface area contributed by atoms with Crippen LogP contribution in [0.4, 0.5) is 17.6 Å². The Kier molecular flexibility index (Phi) is 4.50. The van der Waals surface area contributed by atoms with E-state index in [2.05, 4.69) is 10.4 Å². The van der Waals surface area contributed by atoms with Crippen molar-refractivity contribution in [2.75, 3.05) is 6.54 Å². The Hall–Kier alpha value is -1.11. The van der Waals surface area contributed by atoms with Crippen molar-refractivity contribution in [1.82, 2.24) is 15.1 Å². The van der Waals surface area contributed by atoms with E-state index in [-0.39, 0.29) is 6.54 Å². The topological polar surface area (TPSA) is 29.9 Å². The highest BCUT2D eigenvalue weighted by atomic mass is 19.3. The summed E-state index contributed by atoms with van der Waals surface area (Å²) < 4.78 is 50.5. The highest BCUT2D eigenvalue weighted by molar-refractivity contribution is 5.16. The van der Waals surface area contributed by atoms with Crippen molar-refractivity contribution in [2.45, 2.75) is 32.2 Å². The zero-order valence-corrected chi connectivity index (χ0v) is 9.68. The van der Waals surface area contributed by atoms with Crippen molar-refractivity contribution in [2.24, 2.45) is 7.05 Å². The van der Waals surface area contributed by atoms with Crippen molar-refractivity contribution in [3.05, 3.63) is 17.5 Å². The SMILES string of the molecule is CCc1nn(C)cc1CNCC(F)(F)C(F)F. The predicted molar refractivity (Wildman–Crippen MR) is 55.2 cm³/mol. The van der Waals surface area contributed by atoms with Gasteiger partial charge in [0.25, 0.3) is 0 Å². The second kappa shape index (κ2) is 5.48. The van der Waals surface area contributed by atoms with Gasteiger partial charge in [0.1, 0.15) is 0 Å². The molecular weight excluding hydrogens is 238 g/mol. The summed E-state index contributed by atoms with van der Waals surface area (Å²) in [5.74, 6) is -3.99. The molecule has 0 unspecified atom stereocenters. The molecule has 1 aromatic rings. The lowest BCUT2D eigenvalue weighted by Gasteiger charge is -2.15. The fourth-order valence-corrected chi connectivity index (χ4v) is 1.47. The summed E-state index contributed by atoms with van der Waals surface area (Å²) in [5, 5.41) is 6.45. The van der Waals surface area contributed by atoms with Crippen molar-refractivity contribution in [1.29, 1.82) is 0 Å². The van der Waals surface area contributed by atoms with Crippen LogP contribution in [-0.2, 0) is 20.0 Å². The third kappa shape index (κ3) is 3.69. The second-order valence-electron chi connectivity index (χ2n) is 3.79. The molecule has 0 saturated carbocycles. The molecule has 0 spiro atoms. The number of halogens is 4. The highest BCUT2D eigenvalue weighted by Crippen LogP contribution is 2.21. The third-order valence-corrected chi connectivity index (χ3v) is 2.32. The van der Waals surface area contributed by atoms with Gasteiger partial charge in [-0.25, -0.2) is 8.78 Å². The van der Waals surface area contributed by atoms with Gasteiger partial charge in [0, 0.05) is 25.4 Å². The quantitative estimate of drug-likeness (QED) is 0.785. The Morgan fingerprint density at radius 3 is 2.65 bits per heavy atom. The average Bonchev–Trinajstić information content (AvgIpc) is 2.58. The first-order valence-corrected chi connectivity index (χ1v) is 5.25. The maximum Gasteiger partial charge on any atom is 0.319 e. The predicted octanol–water partition coefficient (Wildman–Crippen LogP) is 1.97. The Balaban J connectivity index is 2.51. The van der Waals surface area contributed by atoms with Crippen LogP contribution in [0.1, 0.15) is 18.2 Å². The highest BCUT2D eigenvalue weighted by Gasteiger charge is 2.40. The maximum atomic E-state index is 12.6. The summed E-state index contributed by atoms with van der Waals surface area (Å²) in [4.78, 5) is 0. The number of aromatic nitrogens is 2. The minimum atomic E-state index is -3.99. The molecule has 98 valence electrons. The number of hydrogen-bond acceptors (Lipinski definition) is 2. The largest absolute Gasteiger partial charge is 0.319 e. The molecule has 0 radical (unpaired) electrons. The van der Waals surface area contributed by atoms with Crippen LogP contribution in [-0.4, -0.2) is 28.7 Å². The molecule has 1 N–H and O–H groups in total. The molecule has 3 nitrogen and oxygen atoms in total.